The number of rotatable bonds is 2. The van der Waals surface area contributed by atoms with Gasteiger partial charge in [0.1, 0.15) is 0 Å². The molecule has 0 fully saturated rings. The van der Waals surface area contributed by atoms with Crippen molar-refractivity contribution in [2.75, 3.05) is 4.90 Å². The summed E-state index contributed by atoms with van der Waals surface area (Å²) in [6.45, 7) is 18.9. The maximum Gasteiger partial charge on any atom is 0.333 e. The number of hydrogen-bond donors (Lipinski definition) is 0. The lowest BCUT2D eigenvalue weighted by Crippen LogP contribution is -2.50. The maximum absolute atomic E-state index is 2.75. The molecule has 4 heterocycles. The standard InChI is InChI=1S/C55H48BN3/c1-53(2,3)33-25-27-36(28-26-33)58-48-30-34(54(4,5)6)29-43-39-22-16-21-38-42-31-46-41(37-19-13-15-24-45(37)57(46)35-17-10-9-11-18-35)32-47(42)59(51(38)39)56(49(43)48)50-40-20-12-14-23-44(40)55(7,8)52(50)58/h9-32H,1-8H3. The lowest BCUT2D eigenvalue weighted by molar-refractivity contribution is 0.589. The highest BCUT2D eigenvalue weighted by molar-refractivity contribution is 6.93. The average molecular weight is 762 g/mol. The molecule has 9 aromatic rings. The van der Waals surface area contributed by atoms with E-state index in [9.17, 15) is 0 Å². The lowest BCUT2D eigenvalue weighted by Gasteiger charge is -2.44. The number of allylic oxidation sites excluding steroid dienone is 1. The van der Waals surface area contributed by atoms with Crippen molar-refractivity contribution in [2.24, 2.45) is 0 Å². The molecular formula is C55H48BN3. The Kier molecular flexibility index (Phi) is 6.76. The van der Waals surface area contributed by atoms with Crippen molar-refractivity contribution in [2.45, 2.75) is 71.6 Å². The van der Waals surface area contributed by atoms with Gasteiger partial charge in [-0.1, -0.05) is 152 Å². The van der Waals surface area contributed by atoms with E-state index < -0.39 is 0 Å². The molecule has 4 heteroatoms. The van der Waals surface area contributed by atoms with E-state index in [0.717, 1.165) is 0 Å². The monoisotopic (exact) mass is 761 g/mol. The Labute approximate surface area is 347 Å². The summed E-state index contributed by atoms with van der Waals surface area (Å²) in [4.78, 5) is 2.66. The molecule has 0 bridgehead atoms. The summed E-state index contributed by atoms with van der Waals surface area (Å²) in [5, 5.41) is 5.17. The van der Waals surface area contributed by atoms with Crippen molar-refractivity contribution in [1.82, 2.24) is 9.05 Å². The van der Waals surface area contributed by atoms with Gasteiger partial charge >= 0.3 is 6.85 Å². The summed E-state index contributed by atoms with van der Waals surface area (Å²) in [6.07, 6.45) is 0. The van der Waals surface area contributed by atoms with E-state index in [0.29, 0.717) is 0 Å². The second kappa shape index (κ2) is 11.5. The molecule has 3 nitrogen and oxygen atoms in total. The van der Waals surface area contributed by atoms with E-state index >= 15 is 0 Å². The van der Waals surface area contributed by atoms with E-state index in [1.165, 1.54) is 111 Å². The van der Waals surface area contributed by atoms with Crippen LogP contribution in [0.4, 0.5) is 11.4 Å². The summed E-state index contributed by atoms with van der Waals surface area (Å²) in [5.41, 5.74) is 20.9. The third-order valence-corrected chi connectivity index (χ3v) is 13.9. The topological polar surface area (TPSA) is 13.1 Å². The van der Waals surface area contributed by atoms with Gasteiger partial charge in [-0.25, -0.2) is 0 Å². The second-order valence-corrected chi connectivity index (χ2v) is 19.8. The predicted molar refractivity (Wildman–Crippen MR) is 252 cm³/mol. The minimum atomic E-state index is -0.250. The first-order valence-corrected chi connectivity index (χ1v) is 21.3. The first-order chi connectivity index (χ1) is 28.3. The summed E-state index contributed by atoms with van der Waals surface area (Å²) in [6, 6.07) is 55.6. The van der Waals surface area contributed by atoms with Gasteiger partial charge in [0.15, 0.2) is 0 Å². The van der Waals surface area contributed by atoms with Crippen LogP contribution in [0.2, 0.25) is 0 Å². The number of para-hydroxylation sites is 3. The normalized spacial score (nSPS) is 15.5. The van der Waals surface area contributed by atoms with E-state index in [1.807, 2.05) is 0 Å². The highest BCUT2D eigenvalue weighted by Crippen LogP contribution is 2.57. The van der Waals surface area contributed by atoms with Crippen LogP contribution < -0.4 is 10.4 Å². The predicted octanol–water partition coefficient (Wildman–Crippen LogP) is 13.6. The number of anilines is 2. The van der Waals surface area contributed by atoms with E-state index in [4.69, 9.17) is 0 Å². The van der Waals surface area contributed by atoms with Crippen LogP contribution in [0.25, 0.3) is 65.9 Å². The molecular weight excluding hydrogens is 713 g/mol. The van der Waals surface area contributed by atoms with Crippen molar-refractivity contribution >= 4 is 72.8 Å². The molecule has 0 saturated carbocycles. The van der Waals surface area contributed by atoms with E-state index in [2.05, 4.69) is 215 Å². The zero-order valence-corrected chi connectivity index (χ0v) is 35.3. The molecule has 3 aliphatic rings. The SMILES string of the molecule is CC(C)(C)c1ccc(N2C3=C(B4c5c(cc(C(C)(C)C)cc52)-c2cccc5c6cc7c(cc6n4c25)c2ccccc2n7-c2ccccc2)c2ccccc2C3(C)C)cc1. The summed E-state index contributed by atoms with van der Waals surface area (Å²) >= 11 is 0. The fraction of sp³-hybridized carbons (Fsp3) is 0.200. The molecule has 7 aromatic carbocycles. The Morgan fingerprint density at radius 1 is 0.492 bits per heavy atom. The first kappa shape index (κ1) is 34.8. The Morgan fingerprint density at radius 3 is 1.90 bits per heavy atom. The molecule has 59 heavy (non-hydrogen) atoms. The smallest absolute Gasteiger partial charge is 0.333 e. The van der Waals surface area contributed by atoms with Crippen LogP contribution in [0.1, 0.15) is 77.6 Å². The van der Waals surface area contributed by atoms with Gasteiger partial charge in [-0.2, -0.15) is 0 Å². The molecule has 1 aliphatic carbocycles. The Bertz CT molecular complexity index is 3310. The molecule has 286 valence electrons. The fourth-order valence-electron chi connectivity index (χ4n) is 11.1. The van der Waals surface area contributed by atoms with Gasteiger partial charge in [-0.3, -0.25) is 0 Å². The summed E-state index contributed by atoms with van der Waals surface area (Å²) < 4.78 is 5.21. The average Bonchev–Trinajstić information content (AvgIpc) is 3.81. The molecule has 0 atom stereocenters. The third-order valence-electron chi connectivity index (χ3n) is 13.9. The first-order valence-electron chi connectivity index (χ1n) is 21.3. The van der Waals surface area contributed by atoms with Gasteiger partial charge in [-0.05, 0) is 98.1 Å². The third kappa shape index (κ3) is 4.55. The molecule has 0 N–H and O–H groups in total. The molecule has 0 amide bonds. The minimum Gasteiger partial charge on any atom is -0.375 e. The summed E-state index contributed by atoms with van der Waals surface area (Å²) in [7, 11) is 0. The molecule has 12 rings (SSSR count). The number of nitrogens with zero attached hydrogens (tertiary/aromatic N) is 3. The van der Waals surface area contributed by atoms with Crippen LogP contribution in [0.5, 0.6) is 0 Å². The number of fused-ring (bicyclic) bond motifs is 11. The zero-order valence-electron chi connectivity index (χ0n) is 35.3. The molecule has 2 aromatic heterocycles. The van der Waals surface area contributed by atoms with Crippen LogP contribution in [0.3, 0.4) is 0 Å². The zero-order chi connectivity index (χ0) is 40.3. The van der Waals surface area contributed by atoms with Gasteiger partial charge in [0.2, 0.25) is 0 Å². The van der Waals surface area contributed by atoms with Gasteiger partial charge in [-0.15, -0.1) is 0 Å². The Balaban J connectivity index is 1.25. The summed E-state index contributed by atoms with van der Waals surface area (Å²) in [5.74, 6) is 0. The van der Waals surface area contributed by atoms with E-state index in [-0.39, 0.29) is 23.1 Å². The van der Waals surface area contributed by atoms with Crippen LogP contribution in [-0.4, -0.2) is 15.9 Å². The molecule has 0 saturated heterocycles. The number of aromatic nitrogens is 2. The van der Waals surface area contributed by atoms with Crippen molar-refractivity contribution in [3.8, 4) is 16.8 Å². The lowest BCUT2D eigenvalue weighted by atomic mass is 9.43. The van der Waals surface area contributed by atoms with Crippen molar-refractivity contribution in [3.05, 3.63) is 174 Å². The maximum atomic E-state index is 2.75. The molecule has 2 aliphatic heterocycles. The van der Waals surface area contributed by atoms with Crippen LogP contribution in [0, 0.1) is 0 Å². The minimum absolute atomic E-state index is 0.0214. The molecule has 0 unspecified atom stereocenters. The van der Waals surface area contributed by atoms with Crippen LogP contribution in [-0.2, 0) is 16.2 Å². The molecule has 0 spiro atoms. The number of hydrogen-bond acceptors (Lipinski definition) is 1. The van der Waals surface area contributed by atoms with E-state index in [1.54, 1.807) is 0 Å². The second-order valence-electron chi connectivity index (χ2n) is 19.8. The van der Waals surface area contributed by atoms with Gasteiger partial charge in [0.25, 0.3) is 0 Å². The van der Waals surface area contributed by atoms with Crippen molar-refractivity contribution in [3.63, 3.8) is 0 Å². The van der Waals surface area contributed by atoms with Gasteiger partial charge in [0.05, 0.1) is 11.0 Å². The highest BCUT2D eigenvalue weighted by Gasteiger charge is 2.52. The number of benzene rings is 7. The fourth-order valence-corrected chi connectivity index (χ4v) is 11.1. The largest absolute Gasteiger partial charge is 0.375 e. The Hall–Kier alpha value is -6.26. The van der Waals surface area contributed by atoms with Crippen LogP contribution in [0.15, 0.2) is 151 Å². The quantitative estimate of drug-likeness (QED) is 0.160. The van der Waals surface area contributed by atoms with Crippen molar-refractivity contribution in [1.29, 1.82) is 0 Å². The molecule has 0 radical (unpaired) electrons. The Morgan fingerprint density at radius 2 is 1.14 bits per heavy atom. The highest BCUT2D eigenvalue weighted by atomic mass is 15.2. The van der Waals surface area contributed by atoms with Gasteiger partial charge in [0, 0.05) is 66.3 Å². The van der Waals surface area contributed by atoms with Crippen LogP contribution >= 0.6 is 0 Å². The van der Waals surface area contributed by atoms with Crippen molar-refractivity contribution < 1.29 is 0 Å². The van der Waals surface area contributed by atoms with Gasteiger partial charge < -0.3 is 13.9 Å².